The van der Waals surface area contributed by atoms with E-state index >= 15 is 0 Å². The third kappa shape index (κ3) is 2.17. The van der Waals surface area contributed by atoms with E-state index in [4.69, 9.17) is 0 Å². The third-order valence-corrected chi connectivity index (χ3v) is 3.93. The fourth-order valence-corrected chi connectivity index (χ4v) is 2.95. The van der Waals surface area contributed by atoms with Crippen molar-refractivity contribution in [2.45, 2.75) is 18.9 Å². The van der Waals surface area contributed by atoms with Crippen LogP contribution in [0.3, 0.4) is 0 Å². The van der Waals surface area contributed by atoms with Crippen LogP contribution in [0.1, 0.15) is 23.2 Å². The van der Waals surface area contributed by atoms with Gasteiger partial charge in [-0.3, -0.25) is 9.59 Å². The van der Waals surface area contributed by atoms with Crippen LogP contribution in [0, 0.1) is 0 Å². The topological polar surface area (TPSA) is 81.1 Å². The average Bonchev–Trinajstić information content (AvgIpc) is 2.78. The van der Waals surface area contributed by atoms with Crippen molar-refractivity contribution in [1.82, 2.24) is 9.80 Å². The minimum atomic E-state index is -0.227. The number of fused-ring (bicyclic) bond motifs is 1. The number of hydrogen-bond donors (Lipinski definition) is 2. The van der Waals surface area contributed by atoms with Crippen molar-refractivity contribution in [3.63, 3.8) is 0 Å². The van der Waals surface area contributed by atoms with Crippen molar-refractivity contribution in [2.75, 3.05) is 19.6 Å². The summed E-state index contributed by atoms with van der Waals surface area (Å²) in [6, 6.07) is 3.97. The molecule has 1 aromatic rings. The molecule has 20 heavy (non-hydrogen) atoms. The standard InChI is InChI=1S/C14H16N2O4/c17-11-5-9(6-12(18)7-11)14(20)15-3-4-16-10(8-15)1-2-13(16)19/h5-7,10,17-18H,1-4,8H2. The van der Waals surface area contributed by atoms with Gasteiger partial charge in [-0.15, -0.1) is 0 Å². The maximum atomic E-state index is 12.4. The predicted molar refractivity (Wildman–Crippen MR) is 70.4 cm³/mol. The summed E-state index contributed by atoms with van der Waals surface area (Å²) in [7, 11) is 0. The van der Waals surface area contributed by atoms with E-state index in [9.17, 15) is 19.8 Å². The van der Waals surface area contributed by atoms with Crippen molar-refractivity contribution in [3.05, 3.63) is 23.8 Å². The third-order valence-electron chi connectivity index (χ3n) is 3.93. The van der Waals surface area contributed by atoms with Crippen LogP contribution >= 0.6 is 0 Å². The van der Waals surface area contributed by atoms with Gasteiger partial charge in [-0.05, 0) is 18.6 Å². The number of carbonyl (C=O) groups excluding carboxylic acids is 2. The molecule has 1 atom stereocenters. The molecule has 0 saturated carbocycles. The molecule has 2 aliphatic rings. The van der Waals surface area contributed by atoms with Gasteiger partial charge >= 0.3 is 0 Å². The highest BCUT2D eigenvalue weighted by Crippen LogP contribution is 2.26. The first-order valence-electron chi connectivity index (χ1n) is 6.66. The van der Waals surface area contributed by atoms with E-state index < -0.39 is 0 Å². The van der Waals surface area contributed by atoms with Gasteiger partial charge in [0.15, 0.2) is 0 Å². The Hall–Kier alpha value is -2.24. The molecule has 1 unspecified atom stereocenters. The number of phenols is 2. The first kappa shape index (κ1) is 12.8. The second-order valence-electron chi connectivity index (χ2n) is 5.27. The van der Waals surface area contributed by atoms with Crippen LogP contribution in [0.5, 0.6) is 11.5 Å². The molecule has 2 amide bonds. The van der Waals surface area contributed by atoms with E-state index in [1.807, 2.05) is 4.90 Å². The normalized spacial score (nSPS) is 22.0. The molecular weight excluding hydrogens is 260 g/mol. The molecule has 2 heterocycles. The number of phenolic OH excluding ortho intramolecular Hbond substituents is 2. The lowest BCUT2D eigenvalue weighted by Gasteiger charge is -2.37. The first-order chi connectivity index (χ1) is 9.54. The molecule has 3 rings (SSSR count). The minimum absolute atomic E-state index is 0.103. The number of nitrogens with zero attached hydrogens (tertiary/aromatic N) is 2. The fourth-order valence-electron chi connectivity index (χ4n) is 2.95. The van der Waals surface area contributed by atoms with Gasteiger partial charge in [0.25, 0.3) is 5.91 Å². The van der Waals surface area contributed by atoms with Crippen LogP contribution in [0.25, 0.3) is 0 Å². The van der Waals surface area contributed by atoms with E-state index in [1.165, 1.54) is 18.2 Å². The van der Waals surface area contributed by atoms with Gasteiger partial charge in [0.2, 0.25) is 5.91 Å². The molecule has 2 fully saturated rings. The Morgan fingerprint density at radius 3 is 2.55 bits per heavy atom. The predicted octanol–water partition coefficient (Wildman–Crippen LogP) is 0.545. The Kier molecular flexibility index (Phi) is 3.00. The van der Waals surface area contributed by atoms with Gasteiger partial charge in [-0.2, -0.15) is 0 Å². The van der Waals surface area contributed by atoms with Crippen molar-refractivity contribution in [1.29, 1.82) is 0 Å². The van der Waals surface area contributed by atoms with Crippen molar-refractivity contribution in [3.8, 4) is 11.5 Å². The van der Waals surface area contributed by atoms with Gasteiger partial charge in [0.1, 0.15) is 11.5 Å². The van der Waals surface area contributed by atoms with E-state index in [2.05, 4.69) is 0 Å². The number of benzene rings is 1. The summed E-state index contributed by atoms with van der Waals surface area (Å²) < 4.78 is 0. The maximum absolute atomic E-state index is 12.4. The van der Waals surface area contributed by atoms with Crippen LogP contribution in [0.2, 0.25) is 0 Å². The highest BCUT2D eigenvalue weighted by atomic mass is 16.3. The van der Waals surface area contributed by atoms with E-state index in [0.29, 0.717) is 26.1 Å². The van der Waals surface area contributed by atoms with Gasteiger partial charge in [-0.25, -0.2) is 0 Å². The zero-order valence-corrected chi connectivity index (χ0v) is 11.0. The summed E-state index contributed by atoms with van der Waals surface area (Å²) in [6.45, 7) is 1.55. The zero-order chi connectivity index (χ0) is 14.3. The Bertz CT molecular complexity index is 552. The van der Waals surface area contributed by atoms with Crippen molar-refractivity contribution < 1.29 is 19.8 Å². The second kappa shape index (κ2) is 4.70. The largest absolute Gasteiger partial charge is 0.508 e. The quantitative estimate of drug-likeness (QED) is 0.784. The van der Waals surface area contributed by atoms with Crippen molar-refractivity contribution in [2.24, 2.45) is 0 Å². The van der Waals surface area contributed by atoms with Crippen LogP contribution in [0.4, 0.5) is 0 Å². The summed E-state index contributed by atoms with van der Waals surface area (Å²) >= 11 is 0. The molecule has 0 aromatic heterocycles. The first-order valence-corrected chi connectivity index (χ1v) is 6.66. The lowest BCUT2D eigenvalue weighted by atomic mass is 10.1. The summed E-state index contributed by atoms with van der Waals surface area (Å²) in [6.07, 6.45) is 1.34. The minimum Gasteiger partial charge on any atom is -0.508 e. The monoisotopic (exact) mass is 276 g/mol. The number of amides is 2. The molecule has 2 saturated heterocycles. The zero-order valence-electron chi connectivity index (χ0n) is 11.0. The van der Waals surface area contributed by atoms with E-state index in [0.717, 1.165) is 6.42 Å². The van der Waals surface area contributed by atoms with E-state index in [1.54, 1.807) is 4.90 Å². The molecular formula is C14H16N2O4. The molecule has 2 N–H and O–H groups in total. The van der Waals surface area contributed by atoms with Crippen molar-refractivity contribution >= 4 is 11.8 Å². The summed E-state index contributed by atoms with van der Waals surface area (Å²) in [5.74, 6) is -0.335. The van der Waals surface area contributed by atoms with Gasteiger partial charge in [0, 0.05) is 43.7 Å². The summed E-state index contributed by atoms with van der Waals surface area (Å²) in [5, 5.41) is 18.9. The molecule has 6 nitrogen and oxygen atoms in total. The number of carbonyl (C=O) groups is 2. The Balaban J connectivity index is 1.76. The fraction of sp³-hybridized carbons (Fsp3) is 0.429. The van der Waals surface area contributed by atoms with Crippen LogP contribution in [0.15, 0.2) is 18.2 Å². The number of hydrogen-bond acceptors (Lipinski definition) is 4. The number of piperazine rings is 1. The molecule has 0 spiro atoms. The van der Waals surface area contributed by atoms with Crippen LogP contribution in [-0.2, 0) is 4.79 Å². The Morgan fingerprint density at radius 1 is 1.15 bits per heavy atom. The molecule has 6 heteroatoms. The smallest absolute Gasteiger partial charge is 0.254 e. The SMILES string of the molecule is O=C(c1cc(O)cc(O)c1)N1CCN2C(=O)CCC2C1. The lowest BCUT2D eigenvalue weighted by molar-refractivity contribution is -0.130. The van der Waals surface area contributed by atoms with Crippen LogP contribution in [-0.4, -0.2) is 57.5 Å². The molecule has 1 aromatic carbocycles. The average molecular weight is 276 g/mol. The number of rotatable bonds is 1. The van der Waals surface area contributed by atoms with E-state index in [-0.39, 0.29) is 34.9 Å². The molecule has 0 aliphatic carbocycles. The number of aromatic hydroxyl groups is 2. The Labute approximate surface area is 116 Å². The lowest BCUT2D eigenvalue weighted by Crippen LogP contribution is -2.53. The van der Waals surface area contributed by atoms with Gasteiger partial charge in [-0.1, -0.05) is 0 Å². The summed E-state index contributed by atoms with van der Waals surface area (Å²) in [4.78, 5) is 27.5. The Morgan fingerprint density at radius 2 is 1.85 bits per heavy atom. The molecule has 2 aliphatic heterocycles. The highest BCUT2D eigenvalue weighted by molar-refractivity contribution is 5.95. The highest BCUT2D eigenvalue weighted by Gasteiger charge is 2.37. The van der Waals surface area contributed by atoms with Gasteiger partial charge in [0.05, 0.1) is 0 Å². The second-order valence-corrected chi connectivity index (χ2v) is 5.27. The molecule has 0 bridgehead atoms. The molecule has 0 radical (unpaired) electrons. The molecule has 106 valence electrons. The van der Waals surface area contributed by atoms with Crippen LogP contribution < -0.4 is 0 Å². The maximum Gasteiger partial charge on any atom is 0.254 e. The van der Waals surface area contributed by atoms with Gasteiger partial charge < -0.3 is 20.0 Å². The summed E-state index contributed by atoms with van der Waals surface area (Å²) in [5.41, 5.74) is 0.264.